The van der Waals surface area contributed by atoms with Gasteiger partial charge in [0.15, 0.2) is 0 Å². The fourth-order valence-corrected chi connectivity index (χ4v) is 3.86. The maximum absolute atomic E-state index is 13.1. The molecule has 180 valence electrons. The lowest BCUT2D eigenvalue weighted by atomic mass is 10.0. The topological polar surface area (TPSA) is 100 Å². The van der Waals surface area contributed by atoms with E-state index < -0.39 is 17.6 Å². The van der Waals surface area contributed by atoms with E-state index in [1.54, 1.807) is 57.9 Å². The molecule has 0 saturated heterocycles. The van der Waals surface area contributed by atoms with Gasteiger partial charge in [-0.3, -0.25) is 4.79 Å². The van der Waals surface area contributed by atoms with Crippen LogP contribution in [0.5, 0.6) is 5.75 Å². The second-order valence-electron chi connectivity index (χ2n) is 9.40. The van der Waals surface area contributed by atoms with Gasteiger partial charge < -0.3 is 14.8 Å². The summed E-state index contributed by atoms with van der Waals surface area (Å²) in [4.78, 5) is 25.8. The lowest BCUT2D eigenvalue weighted by Gasteiger charge is -2.20. The number of carbonyl (C=O) groups excluding carboxylic acids is 2. The number of amides is 1. The number of ether oxygens (including phenoxy) is 2. The normalized spacial score (nSPS) is 14.5. The molecule has 1 aliphatic rings. The second-order valence-corrected chi connectivity index (χ2v) is 10.3. The third-order valence-corrected chi connectivity index (χ3v) is 5.85. The Morgan fingerprint density at radius 2 is 1.94 bits per heavy atom. The maximum Gasteiger partial charge on any atom is 0.437 e. The van der Waals surface area contributed by atoms with Crippen molar-refractivity contribution in [1.82, 2.24) is 19.6 Å². The predicted molar refractivity (Wildman–Crippen MR) is 131 cm³/mol. The molecule has 1 unspecified atom stereocenters. The van der Waals surface area contributed by atoms with Crippen molar-refractivity contribution in [3.05, 3.63) is 52.4 Å². The molecule has 34 heavy (non-hydrogen) atoms. The van der Waals surface area contributed by atoms with Gasteiger partial charge in [-0.15, -0.1) is 4.68 Å². The summed E-state index contributed by atoms with van der Waals surface area (Å²) in [5.41, 5.74) is 1.62. The smallest absolute Gasteiger partial charge is 0.437 e. The van der Waals surface area contributed by atoms with E-state index in [9.17, 15) is 9.59 Å². The van der Waals surface area contributed by atoms with Gasteiger partial charge in [0.05, 0.1) is 30.6 Å². The van der Waals surface area contributed by atoms with Gasteiger partial charge in [0.1, 0.15) is 17.2 Å². The maximum atomic E-state index is 13.1. The van der Waals surface area contributed by atoms with Crippen LogP contribution < -0.4 is 10.1 Å². The van der Waals surface area contributed by atoms with Crippen LogP contribution in [0, 0.1) is 0 Å². The van der Waals surface area contributed by atoms with Crippen molar-refractivity contribution < 1.29 is 19.1 Å². The Morgan fingerprint density at radius 1 is 1.21 bits per heavy atom. The lowest BCUT2D eigenvalue weighted by molar-refractivity contribution is -0.117. The van der Waals surface area contributed by atoms with E-state index in [0.29, 0.717) is 17.5 Å². The van der Waals surface area contributed by atoms with E-state index in [-0.39, 0.29) is 5.91 Å². The number of anilines is 1. The average molecular weight is 530 g/mol. The summed E-state index contributed by atoms with van der Waals surface area (Å²) in [5.74, 6) is 0.510. The van der Waals surface area contributed by atoms with Crippen molar-refractivity contribution in [2.24, 2.45) is 0 Å². The van der Waals surface area contributed by atoms with Crippen molar-refractivity contribution in [1.29, 1.82) is 0 Å². The van der Waals surface area contributed by atoms with Crippen LogP contribution in [0.4, 0.5) is 10.6 Å². The molecule has 1 aromatic carbocycles. The van der Waals surface area contributed by atoms with Crippen molar-refractivity contribution in [2.75, 3.05) is 12.4 Å². The van der Waals surface area contributed by atoms with Gasteiger partial charge in [0.2, 0.25) is 5.91 Å². The van der Waals surface area contributed by atoms with Crippen LogP contribution in [-0.4, -0.2) is 44.3 Å². The van der Waals surface area contributed by atoms with Crippen LogP contribution in [0.2, 0.25) is 0 Å². The molecule has 3 aromatic rings. The summed E-state index contributed by atoms with van der Waals surface area (Å²) in [5, 5.41) is 11.7. The van der Waals surface area contributed by atoms with Gasteiger partial charge in [-0.1, -0.05) is 15.9 Å². The minimum absolute atomic E-state index is 0.279. The van der Waals surface area contributed by atoms with Gasteiger partial charge >= 0.3 is 6.09 Å². The van der Waals surface area contributed by atoms with Crippen LogP contribution >= 0.6 is 15.9 Å². The number of hydrogen-bond donors (Lipinski definition) is 1. The number of benzene rings is 1. The van der Waals surface area contributed by atoms with Crippen molar-refractivity contribution >= 4 is 33.7 Å². The number of nitrogens with one attached hydrogen (secondary N) is 1. The Bertz CT molecular complexity index is 1220. The van der Waals surface area contributed by atoms with E-state index in [1.807, 2.05) is 18.2 Å². The second kappa shape index (κ2) is 9.25. The summed E-state index contributed by atoms with van der Waals surface area (Å²) >= 11 is 3.47. The number of nitrogens with zero attached hydrogens (tertiary/aromatic N) is 4. The average Bonchev–Trinajstić information content (AvgIpc) is 3.33. The number of rotatable bonds is 6. The highest BCUT2D eigenvalue weighted by Crippen LogP contribution is 2.40. The largest absolute Gasteiger partial charge is 0.497 e. The molecule has 0 bridgehead atoms. The summed E-state index contributed by atoms with van der Waals surface area (Å²) in [7, 11) is 1.60. The van der Waals surface area contributed by atoms with Crippen LogP contribution in [0.25, 0.3) is 5.69 Å². The number of hydrogen-bond acceptors (Lipinski definition) is 6. The monoisotopic (exact) mass is 529 g/mol. The molecule has 9 nitrogen and oxygen atoms in total. The minimum Gasteiger partial charge on any atom is -0.497 e. The minimum atomic E-state index is -0.680. The molecule has 2 aromatic heterocycles. The van der Waals surface area contributed by atoms with E-state index >= 15 is 0 Å². The molecule has 2 heterocycles. The zero-order chi connectivity index (χ0) is 24.6. The number of aromatic nitrogens is 4. The molecule has 1 amide bonds. The Morgan fingerprint density at radius 3 is 2.59 bits per heavy atom. The Balaban J connectivity index is 1.53. The van der Waals surface area contributed by atoms with Crippen molar-refractivity contribution in [3.63, 3.8) is 0 Å². The molecule has 0 aliphatic heterocycles. The molecule has 10 heteroatoms. The Labute approximate surface area is 206 Å². The molecule has 4 rings (SSSR count). The fraction of sp³-hybridized carbons (Fsp3) is 0.417. The highest BCUT2D eigenvalue weighted by atomic mass is 79.9. The van der Waals surface area contributed by atoms with E-state index in [0.717, 1.165) is 38.9 Å². The molecule has 0 spiro atoms. The first kappa shape index (κ1) is 24.0. The molecule has 1 N–H and O–H groups in total. The van der Waals surface area contributed by atoms with Crippen LogP contribution in [0.3, 0.4) is 0 Å². The lowest BCUT2D eigenvalue weighted by Crippen LogP contribution is -2.29. The summed E-state index contributed by atoms with van der Waals surface area (Å²) in [6.07, 6.45) is 4.87. The van der Waals surface area contributed by atoms with Gasteiger partial charge in [0.25, 0.3) is 0 Å². The molecule has 1 saturated carbocycles. The first-order valence-corrected chi connectivity index (χ1v) is 11.9. The van der Waals surface area contributed by atoms with E-state index in [4.69, 9.17) is 9.47 Å². The highest BCUT2D eigenvalue weighted by Gasteiger charge is 2.31. The molecular weight excluding hydrogens is 502 g/mol. The fourth-order valence-electron chi connectivity index (χ4n) is 3.40. The summed E-state index contributed by atoms with van der Waals surface area (Å²) in [6, 6.07) is 7.37. The van der Waals surface area contributed by atoms with Crippen LogP contribution in [0.15, 0.2) is 41.1 Å². The van der Waals surface area contributed by atoms with Gasteiger partial charge in [0, 0.05) is 34.3 Å². The quantitative estimate of drug-likeness (QED) is 0.468. The summed E-state index contributed by atoms with van der Waals surface area (Å²) in [6.45, 7) is 7.15. The van der Waals surface area contributed by atoms with Gasteiger partial charge in [-0.05, 0) is 52.7 Å². The Hall–Kier alpha value is -3.14. The van der Waals surface area contributed by atoms with Crippen LogP contribution in [0.1, 0.15) is 63.6 Å². The number of carbonyl (C=O) groups is 2. The molecule has 0 radical (unpaired) electrons. The Kier molecular flexibility index (Phi) is 6.53. The highest BCUT2D eigenvalue weighted by molar-refractivity contribution is 9.10. The first-order chi connectivity index (χ1) is 16.0. The SMILES string of the molecule is COc1cc(Br)cc(-n2cc(C(C)C(=O)Nc3cc(C4CC4)nn3C(=O)OC(C)(C)C)cn2)c1. The molecule has 1 aliphatic carbocycles. The standard InChI is InChI=1S/C24H28BrN5O4/c1-14(16-12-26-29(13-16)18-8-17(25)9-19(10-18)33-5)22(31)27-21-11-20(15-6-7-15)28-30(21)23(32)34-24(2,3)4/h8-15H,6-7H2,1-5H3,(H,27,31). The van der Waals surface area contributed by atoms with E-state index in [1.165, 1.54) is 0 Å². The number of methoxy groups -OCH3 is 1. The van der Waals surface area contributed by atoms with Gasteiger partial charge in [-0.25, -0.2) is 9.48 Å². The zero-order valence-electron chi connectivity index (χ0n) is 19.8. The van der Waals surface area contributed by atoms with Crippen molar-refractivity contribution in [3.8, 4) is 11.4 Å². The van der Waals surface area contributed by atoms with Crippen LogP contribution in [-0.2, 0) is 9.53 Å². The molecule has 1 atom stereocenters. The van der Waals surface area contributed by atoms with E-state index in [2.05, 4.69) is 31.4 Å². The number of halogens is 1. The van der Waals surface area contributed by atoms with Gasteiger partial charge in [-0.2, -0.15) is 10.2 Å². The molecular formula is C24H28BrN5O4. The predicted octanol–water partition coefficient (Wildman–Crippen LogP) is 5.24. The van der Waals surface area contributed by atoms with Crippen molar-refractivity contribution in [2.45, 2.75) is 58.0 Å². The third kappa shape index (κ3) is 5.49. The molecule has 1 fully saturated rings. The third-order valence-electron chi connectivity index (χ3n) is 5.39. The zero-order valence-corrected chi connectivity index (χ0v) is 21.4. The summed E-state index contributed by atoms with van der Waals surface area (Å²) < 4.78 is 14.5. The first-order valence-electron chi connectivity index (χ1n) is 11.1.